The fourth-order valence-electron chi connectivity index (χ4n) is 9.00. The molecule has 10 nitrogen and oxygen atoms in total. The third kappa shape index (κ3) is 10.2. The van der Waals surface area contributed by atoms with Gasteiger partial charge in [-0.05, 0) is 137 Å². The molecule has 2 aromatic carbocycles. The third-order valence-electron chi connectivity index (χ3n) is 12.3. The van der Waals surface area contributed by atoms with Gasteiger partial charge < -0.3 is 29.3 Å². The lowest BCUT2D eigenvalue weighted by atomic mass is 9.98. The molecule has 0 bridgehead atoms. The zero-order chi connectivity index (χ0) is 41.5. The molecule has 2 saturated carbocycles. The van der Waals surface area contributed by atoms with E-state index in [2.05, 4.69) is 48.9 Å². The van der Waals surface area contributed by atoms with Crippen LogP contribution in [0.3, 0.4) is 0 Å². The number of fused-ring (bicyclic) bond motifs is 2. The van der Waals surface area contributed by atoms with Crippen LogP contribution < -0.4 is 9.47 Å². The van der Waals surface area contributed by atoms with E-state index in [0.29, 0.717) is 44.3 Å². The minimum absolute atomic E-state index is 0.125. The number of carboxylic acids is 1. The molecular formula is C49H58N4O6. The topological polar surface area (TPSA) is 139 Å². The van der Waals surface area contributed by atoms with Gasteiger partial charge >= 0.3 is 11.9 Å². The van der Waals surface area contributed by atoms with Gasteiger partial charge in [-0.1, -0.05) is 25.7 Å². The average Bonchev–Trinajstić information content (AvgIpc) is 4.07. The van der Waals surface area contributed by atoms with Crippen LogP contribution in [0.1, 0.15) is 132 Å². The summed E-state index contributed by atoms with van der Waals surface area (Å²) >= 11 is 0. The maximum atomic E-state index is 11.4. The van der Waals surface area contributed by atoms with Crippen LogP contribution in [0.4, 0.5) is 0 Å². The Balaban J connectivity index is 0.000000179. The molecule has 3 N–H and O–H groups in total. The van der Waals surface area contributed by atoms with E-state index in [0.717, 1.165) is 66.9 Å². The van der Waals surface area contributed by atoms with Crippen molar-refractivity contribution in [1.82, 2.24) is 19.9 Å². The van der Waals surface area contributed by atoms with Gasteiger partial charge in [-0.25, -0.2) is 0 Å². The summed E-state index contributed by atoms with van der Waals surface area (Å²) in [6.07, 6.45) is 15.9. The maximum absolute atomic E-state index is 11.4. The normalized spacial score (nSPS) is 14.5. The Hall–Kier alpha value is -5.64. The van der Waals surface area contributed by atoms with E-state index in [4.69, 9.17) is 29.3 Å². The first-order valence-corrected chi connectivity index (χ1v) is 21.2. The van der Waals surface area contributed by atoms with Crippen LogP contribution in [0.2, 0.25) is 0 Å². The predicted octanol–water partition coefficient (Wildman–Crippen LogP) is 11.0. The molecule has 2 aliphatic carbocycles. The van der Waals surface area contributed by atoms with Crippen molar-refractivity contribution in [3.8, 4) is 11.5 Å². The second kappa shape index (κ2) is 19.0. The molecule has 0 spiro atoms. The van der Waals surface area contributed by atoms with E-state index in [-0.39, 0.29) is 12.4 Å². The molecule has 59 heavy (non-hydrogen) atoms. The summed E-state index contributed by atoms with van der Waals surface area (Å²) in [5.74, 6) is 1.92. The van der Waals surface area contributed by atoms with Gasteiger partial charge in [0.25, 0.3) is 0 Å². The van der Waals surface area contributed by atoms with Crippen molar-refractivity contribution in [3.63, 3.8) is 0 Å². The summed E-state index contributed by atoms with van der Waals surface area (Å²) in [6.45, 7) is 9.40. The summed E-state index contributed by atoms with van der Waals surface area (Å²) in [5, 5.41) is 11.1. The number of benzene rings is 2. The Bertz CT molecular complexity index is 2420. The summed E-state index contributed by atoms with van der Waals surface area (Å²) in [5.41, 5.74) is 13.6. The van der Waals surface area contributed by atoms with Crippen LogP contribution in [-0.2, 0) is 40.4 Å². The first-order chi connectivity index (χ1) is 28.6. The lowest BCUT2D eigenvalue weighted by molar-refractivity contribution is -0.140. The number of aryl methyl sites for hydroxylation is 6. The zero-order valence-electron chi connectivity index (χ0n) is 35.2. The predicted molar refractivity (Wildman–Crippen MR) is 231 cm³/mol. The molecule has 2 fully saturated rings. The Morgan fingerprint density at radius 2 is 1.10 bits per heavy atom. The number of ether oxygens (including phenoxy) is 3. The number of rotatable bonds is 14. The fraction of sp³-hybridized carbons (Fsp3) is 0.429. The molecule has 0 saturated heterocycles. The number of aromatic nitrogens is 4. The highest BCUT2D eigenvalue weighted by Crippen LogP contribution is 2.36. The second-order valence-electron chi connectivity index (χ2n) is 16.5. The molecule has 310 valence electrons. The second-order valence-corrected chi connectivity index (χ2v) is 16.5. The quantitative estimate of drug-likeness (QED) is 0.0926. The van der Waals surface area contributed by atoms with Crippen molar-refractivity contribution in [1.29, 1.82) is 0 Å². The highest BCUT2D eigenvalue weighted by Gasteiger charge is 2.21. The van der Waals surface area contributed by atoms with Gasteiger partial charge in [0, 0.05) is 79.9 Å². The summed E-state index contributed by atoms with van der Waals surface area (Å²) in [4.78, 5) is 38.5. The van der Waals surface area contributed by atoms with Crippen molar-refractivity contribution in [2.24, 2.45) is 0 Å². The molecule has 4 heterocycles. The number of pyridine rings is 2. The van der Waals surface area contributed by atoms with Gasteiger partial charge in [0.15, 0.2) is 0 Å². The molecular weight excluding hydrogens is 741 g/mol. The molecule has 0 radical (unpaired) electrons. The van der Waals surface area contributed by atoms with Crippen LogP contribution in [0, 0.1) is 27.7 Å². The molecule has 0 aliphatic heterocycles. The van der Waals surface area contributed by atoms with Gasteiger partial charge in [0.2, 0.25) is 0 Å². The minimum atomic E-state index is -0.782. The van der Waals surface area contributed by atoms with E-state index in [1.165, 1.54) is 81.0 Å². The number of H-pyrrole nitrogens is 2. The standard InChI is InChI=1S/C25H30N2O3.C24H28N2O3/c1-16-12-18(14-26-25(16)19-6-4-5-7-19)15-30-20-8-9-23-21(13-20)17(2)22(27-23)10-11-24(28)29-3;1-15-11-17(13-25-24(15)18-5-3-4-6-18)14-29-19-7-8-22-20(12-19)16(2)21(26-22)9-10-23(27)28/h8-9,12-14,19,27H,4-7,10-11,15H2,1-3H3;7-8,11-13,18,26H,3-6,9-10,14H2,1-2H3,(H,27,28). The molecule has 6 aromatic rings. The zero-order valence-corrected chi connectivity index (χ0v) is 35.2. The van der Waals surface area contributed by atoms with E-state index >= 15 is 0 Å². The number of esters is 1. The number of carbonyl (C=O) groups is 2. The number of hydrogen-bond donors (Lipinski definition) is 3. The van der Waals surface area contributed by atoms with Gasteiger partial charge in [-0.15, -0.1) is 0 Å². The monoisotopic (exact) mass is 798 g/mol. The van der Waals surface area contributed by atoms with Gasteiger partial charge in [-0.3, -0.25) is 19.6 Å². The number of carboxylic acid groups (broad SMARTS) is 1. The number of aromatic amines is 2. The highest BCUT2D eigenvalue weighted by molar-refractivity contribution is 5.87. The SMILES string of the molecule is COC(=O)CCc1[nH]c2ccc(OCc3cnc(C4CCCC4)c(C)c3)cc2c1C.Cc1cc(COc2ccc3[nH]c(CCC(=O)O)c(C)c3c2)cnc1C1CCCC1. The minimum Gasteiger partial charge on any atom is -0.489 e. The number of nitrogens with one attached hydrogen (secondary N) is 2. The Labute approximate surface area is 347 Å². The number of hydrogen-bond acceptors (Lipinski definition) is 7. The number of methoxy groups -OCH3 is 1. The Kier molecular flexibility index (Phi) is 13.3. The van der Waals surface area contributed by atoms with E-state index in [1.54, 1.807) is 0 Å². The largest absolute Gasteiger partial charge is 0.489 e. The van der Waals surface area contributed by atoms with E-state index < -0.39 is 5.97 Å². The number of carbonyl (C=O) groups excluding carboxylic acids is 1. The van der Waals surface area contributed by atoms with Crippen molar-refractivity contribution < 1.29 is 28.9 Å². The molecule has 2 aliphatic rings. The van der Waals surface area contributed by atoms with Gasteiger partial charge in [0.1, 0.15) is 24.7 Å². The van der Waals surface area contributed by atoms with Crippen LogP contribution >= 0.6 is 0 Å². The molecule has 0 amide bonds. The molecule has 10 heteroatoms. The van der Waals surface area contributed by atoms with Crippen LogP contribution in [-0.4, -0.2) is 44.1 Å². The number of aliphatic carboxylic acids is 1. The van der Waals surface area contributed by atoms with Crippen LogP contribution in [0.15, 0.2) is 60.9 Å². The van der Waals surface area contributed by atoms with Crippen molar-refractivity contribution in [2.75, 3.05) is 7.11 Å². The van der Waals surface area contributed by atoms with Crippen LogP contribution in [0.5, 0.6) is 11.5 Å². The first kappa shape index (κ1) is 41.5. The van der Waals surface area contributed by atoms with Gasteiger partial charge in [0.05, 0.1) is 20.0 Å². The summed E-state index contributed by atoms with van der Waals surface area (Å²) < 4.78 is 16.9. The van der Waals surface area contributed by atoms with Crippen molar-refractivity contribution in [2.45, 2.75) is 130 Å². The van der Waals surface area contributed by atoms with Crippen molar-refractivity contribution in [3.05, 3.63) is 117 Å². The first-order valence-electron chi connectivity index (χ1n) is 21.2. The Morgan fingerprint density at radius 3 is 1.51 bits per heavy atom. The molecule has 0 atom stereocenters. The summed E-state index contributed by atoms with van der Waals surface area (Å²) in [6, 6.07) is 16.5. The molecule has 4 aromatic heterocycles. The Morgan fingerprint density at radius 1 is 0.661 bits per heavy atom. The average molecular weight is 799 g/mol. The van der Waals surface area contributed by atoms with Gasteiger partial charge in [-0.2, -0.15) is 0 Å². The lowest BCUT2D eigenvalue weighted by Crippen LogP contribution is -2.03. The molecule has 0 unspecified atom stereocenters. The number of nitrogens with zero attached hydrogens (tertiary/aromatic N) is 2. The smallest absolute Gasteiger partial charge is 0.305 e. The lowest BCUT2D eigenvalue weighted by Gasteiger charge is -2.13. The van der Waals surface area contributed by atoms with Crippen molar-refractivity contribution >= 4 is 33.7 Å². The van der Waals surface area contributed by atoms with E-state index in [9.17, 15) is 9.59 Å². The van der Waals surface area contributed by atoms with E-state index in [1.807, 2.05) is 49.6 Å². The maximum Gasteiger partial charge on any atom is 0.305 e. The highest BCUT2D eigenvalue weighted by atomic mass is 16.5. The van der Waals surface area contributed by atoms with Crippen LogP contribution in [0.25, 0.3) is 21.8 Å². The summed E-state index contributed by atoms with van der Waals surface area (Å²) in [7, 11) is 1.42. The fourth-order valence-corrected chi connectivity index (χ4v) is 9.00. The molecule has 8 rings (SSSR count). The third-order valence-corrected chi connectivity index (χ3v) is 12.3.